The average Bonchev–Trinajstić information content (AvgIpc) is 3.04. The first-order valence-corrected chi connectivity index (χ1v) is 9.81. The number of aryl methyl sites for hydroxylation is 3. The minimum atomic E-state index is -0.168. The van der Waals surface area contributed by atoms with Gasteiger partial charge in [0.25, 0.3) is 5.62 Å². The summed E-state index contributed by atoms with van der Waals surface area (Å²) in [6, 6.07) is 23.5. The first-order valence-electron chi connectivity index (χ1n) is 9.81. The van der Waals surface area contributed by atoms with Gasteiger partial charge >= 0.3 is 5.65 Å². The van der Waals surface area contributed by atoms with E-state index in [2.05, 4.69) is 0 Å². The molecule has 5 aromatic rings. The number of hydrogen-bond donors (Lipinski definition) is 0. The third kappa shape index (κ3) is 2.85. The van der Waals surface area contributed by atoms with Gasteiger partial charge in [-0.2, -0.15) is 0 Å². The highest BCUT2D eigenvalue weighted by Crippen LogP contribution is 2.21. The van der Waals surface area contributed by atoms with E-state index in [1.807, 2.05) is 98.3 Å². The van der Waals surface area contributed by atoms with Gasteiger partial charge < -0.3 is 5.11 Å². The van der Waals surface area contributed by atoms with Crippen molar-refractivity contribution < 1.29 is 9.62 Å². The van der Waals surface area contributed by atoms with Crippen LogP contribution in [0.15, 0.2) is 77.8 Å². The maximum absolute atomic E-state index is 13.7. The Bertz CT molecular complexity index is 1460. The zero-order valence-corrected chi connectivity index (χ0v) is 17.1. The average molecular weight is 395 g/mol. The van der Waals surface area contributed by atoms with E-state index >= 15 is 0 Å². The second-order valence-corrected chi connectivity index (χ2v) is 7.51. The lowest BCUT2D eigenvalue weighted by molar-refractivity contribution is -0.560. The molecule has 148 valence electrons. The molecule has 0 aliphatic heterocycles. The summed E-state index contributed by atoms with van der Waals surface area (Å²) in [5, 5.41) is 18.5. The van der Waals surface area contributed by atoms with Gasteiger partial charge in [-0.25, -0.2) is 9.56 Å². The molecule has 0 N–H and O–H groups in total. The summed E-state index contributed by atoms with van der Waals surface area (Å²) in [6.07, 6.45) is 0. The monoisotopic (exact) mass is 395 g/mol. The molecule has 0 spiro atoms. The lowest BCUT2D eigenvalue weighted by atomic mass is 10.2. The van der Waals surface area contributed by atoms with E-state index in [4.69, 9.17) is 10.1 Å². The van der Waals surface area contributed by atoms with Crippen LogP contribution in [0.2, 0.25) is 0 Å². The largest absolute Gasteiger partial charge is 0.854 e. The van der Waals surface area contributed by atoms with E-state index in [9.17, 15) is 5.11 Å². The number of benzene rings is 3. The Morgan fingerprint density at radius 2 is 1.50 bits per heavy atom. The standard InChI is InChI=1S/C24H21N5O/c1-16-8-12-18(13-9-16)25-24-26-29-21-7-5-4-6-20(21)27(3)22(29)23(30)28(24)19-14-10-17(2)11-15-19/h4-15H,1-3H3. The highest BCUT2D eigenvalue weighted by atomic mass is 16.3. The lowest BCUT2D eigenvalue weighted by Gasteiger charge is -2.16. The van der Waals surface area contributed by atoms with Crippen LogP contribution in [0.1, 0.15) is 11.1 Å². The van der Waals surface area contributed by atoms with E-state index in [-0.39, 0.29) is 5.88 Å². The highest BCUT2D eigenvalue weighted by Gasteiger charge is 2.21. The van der Waals surface area contributed by atoms with Crippen LogP contribution in [0.4, 0.5) is 5.69 Å². The van der Waals surface area contributed by atoms with E-state index in [0.717, 1.165) is 33.5 Å². The summed E-state index contributed by atoms with van der Waals surface area (Å²) in [5.41, 5.74) is 6.37. The molecule has 0 saturated heterocycles. The molecule has 0 fully saturated rings. The minimum absolute atomic E-state index is 0.168. The zero-order valence-electron chi connectivity index (χ0n) is 17.1. The zero-order chi connectivity index (χ0) is 20.8. The normalized spacial score (nSPS) is 12.2. The molecule has 30 heavy (non-hydrogen) atoms. The number of imidazole rings is 1. The van der Waals surface area contributed by atoms with Crippen LogP contribution in [-0.2, 0) is 7.05 Å². The van der Waals surface area contributed by atoms with Crippen molar-refractivity contribution in [3.05, 3.63) is 89.5 Å². The third-order valence-electron chi connectivity index (χ3n) is 5.33. The Kier molecular flexibility index (Phi) is 4.13. The number of para-hydroxylation sites is 2. The molecular formula is C24H21N5O. The Labute approximate surface area is 173 Å². The summed E-state index contributed by atoms with van der Waals surface area (Å²) in [4.78, 5) is 4.73. The summed E-state index contributed by atoms with van der Waals surface area (Å²) >= 11 is 0. The molecule has 0 saturated carbocycles. The van der Waals surface area contributed by atoms with Crippen molar-refractivity contribution >= 4 is 22.4 Å². The third-order valence-corrected chi connectivity index (χ3v) is 5.33. The van der Waals surface area contributed by atoms with E-state index < -0.39 is 0 Å². The van der Waals surface area contributed by atoms with Gasteiger partial charge in [-0.05, 0) is 55.3 Å². The molecule has 5 rings (SSSR count). The van der Waals surface area contributed by atoms with Crippen molar-refractivity contribution in [3.63, 3.8) is 0 Å². The maximum atomic E-state index is 13.7. The van der Waals surface area contributed by atoms with Crippen LogP contribution < -0.4 is 15.2 Å². The maximum Gasteiger partial charge on any atom is 0.317 e. The second kappa shape index (κ2) is 6.84. The predicted octanol–water partition coefficient (Wildman–Crippen LogP) is 3.03. The molecule has 0 aliphatic carbocycles. The van der Waals surface area contributed by atoms with Gasteiger partial charge in [-0.1, -0.05) is 52.0 Å². The molecular weight excluding hydrogens is 374 g/mol. The summed E-state index contributed by atoms with van der Waals surface area (Å²) in [7, 11) is 1.89. The quantitative estimate of drug-likeness (QED) is 0.431. The van der Waals surface area contributed by atoms with Crippen LogP contribution in [0.25, 0.3) is 22.4 Å². The molecule has 0 radical (unpaired) electrons. The Hall–Kier alpha value is -3.93. The SMILES string of the molecule is Cc1ccc(N=c2n[n+]3c4ccccc4n(C)c3c([O-])n2-c2ccc(C)cc2)cc1. The van der Waals surface area contributed by atoms with Crippen molar-refractivity contribution in [3.8, 4) is 11.6 Å². The molecule has 2 aromatic heterocycles. The molecule has 2 heterocycles. The number of hydrogen-bond acceptors (Lipinski definition) is 3. The van der Waals surface area contributed by atoms with Crippen molar-refractivity contribution in [2.45, 2.75) is 13.8 Å². The van der Waals surface area contributed by atoms with Gasteiger partial charge in [0.2, 0.25) is 5.52 Å². The van der Waals surface area contributed by atoms with Crippen molar-refractivity contribution in [1.82, 2.24) is 14.2 Å². The smallest absolute Gasteiger partial charge is 0.317 e. The number of fused-ring (bicyclic) bond motifs is 3. The first kappa shape index (κ1) is 18.1. The molecule has 0 unspecified atom stereocenters. The van der Waals surface area contributed by atoms with Gasteiger partial charge in [0.05, 0.1) is 18.6 Å². The Morgan fingerprint density at radius 3 is 2.20 bits per heavy atom. The summed E-state index contributed by atoms with van der Waals surface area (Å²) in [5.74, 6) is -0.168. The molecule has 0 atom stereocenters. The van der Waals surface area contributed by atoms with E-state index in [0.29, 0.717) is 11.3 Å². The van der Waals surface area contributed by atoms with Crippen molar-refractivity contribution in [2.24, 2.45) is 12.0 Å². The molecule has 0 aliphatic rings. The van der Waals surface area contributed by atoms with Gasteiger partial charge in [0, 0.05) is 5.69 Å². The van der Waals surface area contributed by atoms with Gasteiger partial charge in [-0.3, -0.25) is 4.57 Å². The number of nitrogens with zero attached hydrogens (tertiary/aromatic N) is 5. The second-order valence-electron chi connectivity index (χ2n) is 7.51. The van der Waals surface area contributed by atoms with Gasteiger partial charge in [-0.15, -0.1) is 0 Å². The van der Waals surface area contributed by atoms with Crippen molar-refractivity contribution in [2.75, 3.05) is 0 Å². The van der Waals surface area contributed by atoms with Crippen LogP contribution >= 0.6 is 0 Å². The van der Waals surface area contributed by atoms with Crippen LogP contribution in [0, 0.1) is 13.8 Å². The minimum Gasteiger partial charge on any atom is -0.854 e. The lowest BCUT2D eigenvalue weighted by Crippen LogP contribution is -2.40. The number of aromatic nitrogens is 4. The van der Waals surface area contributed by atoms with E-state index in [1.165, 1.54) is 0 Å². The number of rotatable bonds is 2. The Balaban J connectivity index is 1.92. The van der Waals surface area contributed by atoms with Gasteiger partial charge in [0.1, 0.15) is 0 Å². The van der Waals surface area contributed by atoms with Crippen molar-refractivity contribution in [1.29, 1.82) is 0 Å². The van der Waals surface area contributed by atoms with Crippen LogP contribution in [0.5, 0.6) is 5.88 Å². The topological polar surface area (TPSA) is 62.3 Å². The highest BCUT2D eigenvalue weighted by molar-refractivity contribution is 5.76. The fourth-order valence-electron chi connectivity index (χ4n) is 3.69. The van der Waals surface area contributed by atoms with Gasteiger partial charge in [0.15, 0.2) is 5.52 Å². The summed E-state index contributed by atoms with van der Waals surface area (Å²) in [6.45, 7) is 4.05. The Morgan fingerprint density at radius 1 is 0.867 bits per heavy atom. The predicted molar refractivity (Wildman–Crippen MR) is 114 cm³/mol. The van der Waals surface area contributed by atoms with E-state index in [1.54, 1.807) is 9.08 Å². The molecule has 3 aromatic carbocycles. The van der Waals surface area contributed by atoms with Crippen LogP contribution in [0.3, 0.4) is 0 Å². The molecule has 6 heteroatoms. The molecule has 6 nitrogen and oxygen atoms in total. The fraction of sp³-hybridized carbons (Fsp3) is 0.125. The summed E-state index contributed by atoms with van der Waals surface area (Å²) < 4.78 is 5.15. The fourth-order valence-corrected chi connectivity index (χ4v) is 3.69. The molecule has 0 amide bonds. The first-order chi connectivity index (χ1) is 14.5. The van der Waals surface area contributed by atoms with Crippen LogP contribution in [-0.4, -0.2) is 14.2 Å². The molecule has 0 bridgehead atoms.